The van der Waals surface area contributed by atoms with Crippen LogP contribution in [0.15, 0.2) is 76.0 Å². The van der Waals surface area contributed by atoms with Crippen LogP contribution in [0.3, 0.4) is 0 Å². The average Bonchev–Trinajstić information content (AvgIpc) is 3.38. The number of methoxy groups -OCH3 is 1. The van der Waals surface area contributed by atoms with Gasteiger partial charge in [0.25, 0.3) is 5.91 Å². The summed E-state index contributed by atoms with van der Waals surface area (Å²) < 4.78 is 15.8. The van der Waals surface area contributed by atoms with Crippen molar-refractivity contribution in [1.29, 1.82) is 0 Å². The Bertz CT molecular complexity index is 1160. The Morgan fingerprint density at radius 1 is 0.966 bits per heavy atom. The highest BCUT2D eigenvalue weighted by Crippen LogP contribution is 2.26. The topological polar surface area (TPSA) is 93.7 Å². The van der Waals surface area contributed by atoms with Crippen molar-refractivity contribution >= 4 is 34.2 Å². The van der Waals surface area contributed by atoms with E-state index in [1.165, 1.54) is 6.26 Å². The van der Waals surface area contributed by atoms with Crippen molar-refractivity contribution in [2.75, 3.05) is 17.7 Å². The third-order valence-corrected chi connectivity index (χ3v) is 4.36. The number of amides is 2. The van der Waals surface area contributed by atoms with Crippen molar-refractivity contribution in [2.24, 2.45) is 0 Å². The lowest BCUT2D eigenvalue weighted by atomic mass is 10.1. The fourth-order valence-corrected chi connectivity index (χ4v) is 2.98. The molecule has 0 spiro atoms. The molecule has 0 aliphatic heterocycles. The summed E-state index contributed by atoms with van der Waals surface area (Å²) in [5.74, 6) is 0.343. The molecule has 0 bridgehead atoms. The minimum Gasteiger partial charge on any atom is -0.497 e. The van der Waals surface area contributed by atoms with E-state index in [4.69, 9.17) is 13.6 Å². The van der Waals surface area contributed by atoms with E-state index < -0.39 is 0 Å². The standard InChI is InChI=1S/C22H18N2O5/c1-27-17-7-8-18-14(13-29-20(18)12-17)10-21(25)23-15-4-2-5-16(11-15)24-22(26)19-6-3-9-28-19/h2-9,11-13H,10H2,1H3,(H,23,25)(H,24,26). The first-order valence-corrected chi connectivity index (χ1v) is 8.91. The molecule has 2 heterocycles. The van der Waals surface area contributed by atoms with Gasteiger partial charge in [0, 0.05) is 28.4 Å². The zero-order chi connectivity index (χ0) is 20.2. The largest absolute Gasteiger partial charge is 0.497 e. The first-order valence-electron chi connectivity index (χ1n) is 8.91. The number of nitrogens with one attached hydrogen (secondary N) is 2. The summed E-state index contributed by atoms with van der Waals surface area (Å²) in [4.78, 5) is 24.6. The smallest absolute Gasteiger partial charge is 0.291 e. The molecule has 7 nitrogen and oxygen atoms in total. The minimum atomic E-state index is -0.362. The van der Waals surface area contributed by atoms with Crippen LogP contribution in [0.5, 0.6) is 5.75 Å². The molecule has 146 valence electrons. The summed E-state index contributed by atoms with van der Waals surface area (Å²) in [5, 5.41) is 6.42. The lowest BCUT2D eigenvalue weighted by molar-refractivity contribution is -0.115. The Morgan fingerprint density at radius 2 is 1.79 bits per heavy atom. The molecular weight excluding hydrogens is 372 g/mol. The van der Waals surface area contributed by atoms with Crippen LogP contribution in [0, 0.1) is 0 Å². The summed E-state index contributed by atoms with van der Waals surface area (Å²) in [6.07, 6.45) is 3.16. The number of hydrogen-bond donors (Lipinski definition) is 2. The molecule has 0 saturated carbocycles. The van der Waals surface area contributed by atoms with Gasteiger partial charge in [0.1, 0.15) is 11.3 Å². The molecule has 4 rings (SSSR count). The van der Waals surface area contributed by atoms with E-state index in [0.29, 0.717) is 22.7 Å². The number of benzene rings is 2. The van der Waals surface area contributed by atoms with Gasteiger partial charge >= 0.3 is 0 Å². The van der Waals surface area contributed by atoms with Crippen LogP contribution in [-0.4, -0.2) is 18.9 Å². The lowest BCUT2D eigenvalue weighted by Crippen LogP contribution is -2.15. The van der Waals surface area contributed by atoms with Crippen LogP contribution in [0.4, 0.5) is 11.4 Å². The molecule has 0 saturated heterocycles. The Hall–Kier alpha value is -4.00. The number of hydrogen-bond acceptors (Lipinski definition) is 5. The molecule has 2 N–H and O–H groups in total. The van der Waals surface area contributed by atoms with Crippen molar-refractivity contribution in [3.8, 4) is 5.75 Å². The Labute approximate surface area is 166 Å². The number of carbonyl (C=O) groups is 2. The highest BCUT2D eigenvalue weighted by atomic mass is 16.5. The molecule has 0 unspecified atom stereocenters. The summed E-state index contributed by atoms with van der Waals surface area (Å²) in [5.41, 5.74) is 2.56. The molecule has 2 aromatic carbocycles. The van der Waals surface area contributed by atoms with Gasteiger partial charge in [-0.25, -0.2) is 0 Å². The van der Waals surface area contributed by atoms with Gasteiger partial charge in [0.2, 0.25) is 5.91 Å². The summed E-state index contributed by atoms with van der Waals surface area (Å²) >= 11 is 0. The molecular formula is C22H18N2O5. The second kappa shape index (κ2) is 7.93. The maximum absolute atomic E-state index is 12.5. The molecule has 4 aromatic rings. The molecule has 0 radical (unpaired) electrons. The summed E-state index contributed by atoms with van der Waals surface area (Å²) in [7, 11) is 1.59. The SMILES string of the molecule is COc1ccc2c(CC(=O)Nc3cccc(NC(=O)c4ccco4)c3)coc2c1. The highest BCUT2D eigenvalue weighted by Gasteiger charge is 2.13. The van der Waals surface area contributed by atoms with Crippen molar-refractivity contribution in [1.82, 2.24) is 0 Å². The van der Waals surface area contributed by atoms with Gasteiger partial charge in [-0.1, -0.05) is 6.07 Å². The second-order valence-electron chi connectivity index (χ2n) is 6.36. The molecule has 0 atom stereocenters. The number of ether oxygens (including phenoxy) is 1. The quantitative estimate of drug-likeness (QED) is 0.507. The monoisotopic (exact) mass is 390 g/mol. The van der Waals surface area contributed by atoms with Crippen LogP contribution in [0.2, 0.25) is 0 Å². The van der Waals surface area contributed by atoms with E-state index >= 15 is 0 Å². The van der Waals surface area contributed by atoms with Gasteiger partial charge < -0.3 is 24.2 Å². The van der Waals surface area contributed by atoms with Crippen molar-refractivity contribution in [2.45, 2.75) is 6.42 Å². The zero-order valence-electron chi connectivity index (χ0n) is 15.6. The number of carbonyl (C=O) groups excluding carboxylic acids is 2. The molecule has 29 heavy (non-hydrogen) atoms. The summed E-state index contributed by atoms with van der Waals surface area (Å²) in [6.45, 7) is 0. The first-order chi connectivity index (χ1) is 14.1. The number of anilines is 2. The maximum Gasteiger partial charge on any atom is 0.291 e. The van der Waals surface area contributed by atoms with Crippen LogP contribution in [0.25, 0.3) is 11.0 Å². The molecule has 0 aliphatic rings. The van der Waals surface area contributed by atoms with Crippen LogP contribution in [0.1, 0.15) is 16.1 Å². The van der Waals surface area contributed by atoms with E-state index in [1.54, 1.807) is 55.8 Å². The summed E-state index contributed by atoms with van der Waals surface area (Å²) in [6, 6.07) is 15.6. The van der Waals surface area contributed by atoms with Crippen LogP contribution < -0.4 is 15.4 Å². The Kier molecular flexibility index (Phi) is 5.03. The number of fused-ring (bicyclic) bond motifs is 1. The van der Waals surface area contributed by atoms with Gasteiger partial charge in [-0.05, 0) is 42.5 Å². The van der Waals surface area contributed by atoms with Crippen LogP contribution in [-0.2, 0) is 11.2 Å². The third kappa shape index (κ3) is 4.14. The van der Waals surface area contributed by atoms with Gasteiger partial charge in [-0.2, -0.15) is 0 Å². The van der Waals surface area contributed by atoms with E-state index in [9.17, 15) is 9.59 Å². The van der Waals surface area contributed by atoms with Gasteiger partial charge in [-0.3, -0.25) is 9.59 Å². The average molecular weight is 390 g/mol. The second-order valence-corrected chi connectivity index (χ2v) is 6.36. The predicted octanol–water partition coefficient (Wildman–Crippen LogP) is 4.47. The van der Waals surface area contributed by atoms with Crippen molar-refractivity contribution in [3.05, 3.63) is 78.4 Å². The molecule has 0 fully saturated rings. The molecule has 0 aliphatic carbocycles. The van der Waals surface area contributed by atoms with E-state index in [-0.39, 0.29) is 24.0 Å². The van der Waals surface area contributed by atoms with Crippen LogP contribution >= 0.6 is 0 Å². The number of furan rings is 2. The normalized spacial score (nSPS) is 10.7. The fourth-order valence-electron chi connectivity index (χ4n) is 2.98. The molecule has 7 heteroatoms. The van der Waals surface area contributed by atoms with E-state index in [1.807, 2.05) is 12.1 Å². The van der Waals surface area contributed by atoms with Gasteiger partial charge in [0.15, 0.2) is 5.76 Å². The minimum absolute atomic E-state index is 0.155. The predicted molar refractivity (Wildman–Crippen MR) is 108 cm³/mol. The lowest BCUT2D eigenvalue weighted by Gasteiger charge is -2.08. The van der Waals surface area contributed by atoms with Gasteiger partial charge in [-0.15, -0.1) is 0 Å². The fraction of sp³-hybridized carbons (Fsp3) is 0.0909. The highest BCUT2D eigenvalue weighted by molar-refractivity contribution is 6.03. The van der Waals surface area contributed by atoms with Crippen molar-refractivity contribution < 1.29 is 23.2 Å². The van der Waals surface area contributed by atoms with E-state index in [0.717, 1.165) is 10.9 Å². The Morgan fingerprint density at radius 3 is 2.55 bits per heavy atom. The van der Waals surface area contributed by atoms with Crippen molar-refractivity contribution in [3.63, 3.8) is 0 Å². The molecule has 2 aromatic heterocycles. The maximum atomic E-state index is 12.5. The first kappa shape index (κ1) is 18.4. The zero-order valence-corrected chi connectivity index (χ0v) is 15.6. The molecule has 2 amide bonds. The van der Waals surface area contributed by atoms with Gasteiger partial charge in [0.05, 0.1) is 26.1 Å². The Balaban J connectivity index is 1.43. The number of rotatable bonds is 6. The third-order valence-electron chi connectivity index (χ3n) is 4.36. The van der Waals surface area contributed by atoms with E-state index in [2.05, 4.69) is 10.6 Å².